The van der Waals surface area contributed by atoms with Gasteiger partial charge in [-0.1, -0.05) is 23.9 Å². The SMILES string of the molecule is Cc1c(C)c(C)c(CSc2nc3ccccc3s2)c(C)c1C. The van der Waals surface area contributed by atoms with E-state index in [1.165, 1.54) is 38.1 Å². The van der Waals surface area contributed by atoms with Crippen molar-refractivity contribution in [1.29, 1.82) is 0 Å². The summed E-state index contributed by atoms with van der Waals surface area (Å²) in [4.78, 5) is 4.73. The highest BCUT2D eigenvalue weighted by Crippen LogP contribution is 2.34. The van der Waals surface area contributed by atoms with E-state index in [2.05, 4.69) is 58.9 Å². The molecule has 3 aromatic rings. The fourth-order valence-electron chi connectivity index (χ4n) is 2.84. The van der Waals surface area contributed by atoms with Crippen LogP contribution in [0.4, 0.5) is 0 Å². The highest BCUT2D eigenvalue weighted by Gasteiger charge is 2.13. The van der Waals surface area contributed by atoms with Crippen molar-refractivity contribution in [2.24, 2.45) is 0 Å². The molecule has 0 N–H and O–H groups in total. The van der Waals surface area contributed by atoms with Crippen molar-refractivity contribution in [3.63, 3.8) is 0 Å². The monoisotopic (exact) mass is 327 g/mol. The lowest BCUT2D eigenvalue weighted by atomic mass is 9.90. The maximum Gasteiger partial charge on any atom is 0.151 e. The van der Waals surface area contributed by atoms with Crippen LogP contribution < -0.4 is 0 Å². The maximum atomic E-state index is 4.73. The van der Waals surface area contributed by atoms with Crippen molar-refractivity contribution in [1.82, 2.24) is 4.98 Å². The van der Waals surface area contributed by atoms with Gasteiger partial charge >= 0.3 is 0 Å². The van der Waals surface area contributed by atoms with Crippen LogP contribution in [-0.4, -0.2) is 4.98 Å². The van der Waals surface area contributed by atoms with Crippen LogP contribution in [0, 0.1) is 34.6 Å². The third-order valence-corrected chi connectivity index (χ3v) is 6.98. The van der Waals surface area contributed by atoms with Crippen LogP contribution in [0.1, 0.15) is 33.4 Å². The number of para-hydroxylation sites is 1. The van der Waals surface area contributed by atoms with Gasteiger partial charge in [-0.25, -0.2) is 4.98 Å². The van der Waals surface area contributed by atoms with Gasteiger partial charge < -0.3 is 0 Å². The van der Waals surface area contributed by atoms with E-state index in [4.69, 9.17) is 4.98 Å². The van der Waals surface area contributed by atoms with Gasteiger partial charge in [0.05, 0.1) is 10.2 Å². The molecule has 1 aromatic heterocycles. The molecule has 0 amide bonds. The third-order valence-electron chi connectivity index (χ3n) is 4.77. The fraction of sp³-hybridized carbons (Fsp3) is 0.316. The van der Waals surface area contributed by atoms with Gasteiger partial charge in [-0.2, -0.15) is 0 Å². The minimum atomic E-state index is 0.999. The Hall–Kier alpha value is -1.32. The quantitative estimate of drug-likeness (QED) is 0.537. The van der Waals surface area contributed by atoms with Crippen molar-refractivity contribution in [2.45, 2.75) is 44.7 Å². The summed E-state index contributed by atoms with van der Waals surface area (Å²) < 4.78 is 2.44. The molecule has 3 rings (SSSR count). The first-order chi connectivity index (χ1) is 10.5. The second kappa shape index (κ2) is 6.05. The zero-order valence-corrected chi connectivity index (χ0v) is 15.4. The van der Waals surface area contributed by atoms with E-state index in [0.717, 1.165) is 15.6 Å². The van der Waals surface area contributed by atoms with Gasteiger partial charge in [0.1, 0.15) is 0 Å². The van der Waals surface area contributed by atoms with Crippen LogP contribution in [-0.2, 0) is 5.75 Å². The van der Waals surface area contributed by atoms with Gasteiger partial charge in [0.25, 0.3) is 0 Å². The van der Waals surface area contributed by atoms with Gasteiger partial charge in [-0.05, 0) is 80.1 Å². The van der Waals surface area contributed by atoms with Crippen molar-refractivity contribution >= 4 is 33.3 Å². The molecule has 3 heteroatoms. The number of aromatic nitrogens is 1. The Kier molecular flexibility index (Phi) is 4.28. The molecule has 0 radical (unpaired) electrons. The molecule has 1 heterocycles. The summed E-state index contributed by atoms with van der Waals surface area (Å²) in [6.07, 6.45) is 0. The molecule has 0 fully saturated rings. The highest BCUT2D eigenvalue weighted by molar-refractivity contribution is 8.00. The number of thioether (sulfide) groups is 1. The van der Waals surface area contributed by atoms with E-state index in [0.29, 0.717) is 0 Å². The molecule has 0 unspecified atom stereocenters. The lowest BCUT2D eigenvalue weighted by Crippen LogP contribution is -2.01. The zero-order valence-electron chi connectivity index (χ0n) is 13.8. The predicted molar refractivity (Wildman–Crippen MR) is 99.3 cm³/mol. The molecule has 1 nitrogen and oxygen atoms in total. The average molecular weight is 328 g/mol. The van der Waals surface area contributed by atoms with E-state index >= 15 is 0 Å². The summed E-state index contributed by atoms with van der Waals surface area (Å²) in [5, 5.41) is 0. The lowest BCUT2D eigenvalue weighted by molar-refractivity contribution is 1.12. The summed E-state index contributed by atoms with van der Waals surface area (Å²) in [7, 11) is 0. The van der Waals surface area contributed by atoms with E-state index < -0.39 is 0 Å². The van der Waals surface area contributed by atoms with Crippen LogP contribution in [0.15, 0.2) is 28.6 Å². The zero-order chi connectivity index (χ0) is 15.9. The van der Waals surface area contributed by atoms with Crippen molar-refractivity contribution in [3.05, 3.63) is 57.6 Å². The van der Waals surface area contributed by atoms with Crippen molar-refractivity contribution < 1.29 is 0 Å². The van der Waals surface area contributed by atoms with E-state index in [-0.39, 0.29) is 0 Å². The van der Waals surface area contributed by atoms with Crippen LogP contribution in [0.2, 0.25) is 0 Å². The standard InChI is InChI=1S/C19H21NS2/c1-11-12(2)14(4)16(15(5)13(11)3)10-21-19-20-17-8-6-7-9-18(17)22-19/h6-9H,10H2,1-5H3. The second-order valence-electron chi connectivity index (χ2n) is 5.84. The minimum absolute atomic E-state index is 0.999. The Bertz CT molecular complexity index is 784. The van der Waals surface area contributed by atoms with Crippen LogP contribution in [0.5, 0.6) is 0 Å². The third kappa shape index (κ3) is 2.68. The van der Waals surface area contributed by atoms with Gasteiger partial charge in [0, 0.05) is 5.75 Å². The highest BCUT2D eigenvalue weighted by atomic mass is 32.2. The molecular formula is C19H21NS2. The number of hydrogen-bond donors (Lipinski definition) is 0. The maximum absolute atomic E-state index is 4.73. The van der Waals surface area contributed by atoms with Crippen molar-refractivity contribution in [3.8, 4) is 0 Å². The first-order valence-corrected chi connectivity index (χ1v) is 9.33. The topological polar surface area (TPSA) is 12.9 Å². The smallest absolute Gasteiger partial charge is 0.151 e. The van der Waals surface area contributed by atoms with Gasteiger partial charge in [-0.15, -0.1) is 11.3 Å². The second-order valence-corrected chi connectivity index (χ2v) is 8.09. The molecule has 0 atom stereocenters. The predicted octanol–water partition coefficient (Wildman–Crippen LogP) is 6.13. The van der Waals surface area contributed by atoms with Gasteiger partial charge in [0.2, 0.25) is 0 Å². The molecule has 0 saturated carbocycles. The molecule has 2 aromatic carbocycles. The molecule has 0 aliphatic carbocycles. The van der Waals surface area contributed by atoms with E-state index in [1.807, 2.05) is 11.8 Å². The number of fused-ring (bicyclic) bond motifs is 1. The summed E-state index contributed by atoms with van der Waals surface area (Å²) in [5.41, 5.74) is 9.77. The Balaban J connectivity index is 1.90. The molecule has 0 aliphatic heterocycles. The number of hydrogen-bond acceptors (Lipinski definition) is 3. The largest absolute Gasteiger partial charge is 0.230 e. The van der Waals surface area contributed by atoms with Gasteiger partial charge in [0.15, 0.2) is 4.34 Å². The minimum Gasteiger partial charge on any atom is -0.230 e. The first-order valence-electron chi connectivity index (χ1n) is 7.53. The first kappa shape index (κ1) is 15.6. The lowest BCUT2D eigenvalue weighted by Gasteiger charge is -2.18. The fourth-order valence-corrected chi connectivity index (χ4v) is 5.08. The summed E-state index contributed by atoms with van der Waals surface area (Å²) >= 11 is 3.65. The molecular weight excluding hydrogens is 306 g/mol. The van der Waals surface area contributed by atoms with Crippen molar-refractivity contribution in [2.75, 3.05) is 0 Å². The van der Waals surface area contributed by atoms with Gasteiger partial charge in [-0.3, -0.25) is 0 Å². The van der Waals surface area contributed by atoms with Crippen LogP contribution in [0.25, 0.3) is 10.2 Å². The number of rotatable bonds is 3. The van der Waals surface area contributed by atoms with Crippen LogP contribution >= 0.6 is 23.1 Å². The Labute approximate surface area is 140 Å². The Morgan fingerprint density at radius 2 is 1.45 bits per heavy atom. The molecule has 0 bridgehead atoms. The normalized spacial score (nSPS) is 11.3. The number of nitrogens with zero attached hydrogens (tertiary/aromatic N) is 1. The summed E-state index contributed by atoms with van der Waals surface area (Å²) in [6.45, 7) is 11.2. The molecule has 0 aliphatic rings. The molecule has 0 spiro atoms. The Morgan fingerprint density at radius 1 is 0.864 bits per heavy atom. The van der Waals surface area contributed by atoms with E-state index in [1.54, 1.807) is 11.3 Å². The molecule has 22 heavy (non-hydrogen) atoms. The summed E-state index contributed by atoms with van der Waals surface area (Å²) in [6, 6.07) is 8.37. The van der Waals surface area contributed by atoms with E-state index in [9.17, 15) is 0 Å². The molecule has 0 saturated heterocycles. The summed E-state index contributed by atoms with van der Waals surface area (Å²) in [5.74, 6) is 0.999. The van der Waals surface area contributed by atoms with Crippen LogP contribution in [0.3, 0.4) is 0 Å². The Morgan fingerprint density at radius 3 is 2.09 bits per heavy atom. The number of benzene rings is 2. The number of thiazole rings is 1. The molecule has 114 valence electrons. The average Bonchev–Trinajstić information content (AvgIpc) is 2.94.